The molecule has 3 aliphatic rings. The van der Waals surface area contributed by atoms with Gasteiger partial charge in [-0.25, -0.2) is 15.0 Å². The second kappa shape index (κ2) is 12.4. The molecule has 0 saturated heterocycles. The maximum absolute atomic E-state index is 5.10. The highest BCUT2D eigenvalue weighted by atomic mass is 15.0. The lowest BCUT2D eigenvalue weighted by Crippen LogP contribution is -2.36. The Morgan fingerprint density at radius 2 is 1.02 bits per heavy atom. The number of hydrogen-bond acceptors (Lipinski definition) is 3. The number of hydrogen-bond donors (Lipinski definition) is 0. The third-order valence-corrected chi connectivity index (χ3v) is 11.7. The molecule has 52 heavy (non-hydrogen) atoms. The third-order valence-electron chi connectivity index (χ3n) is 11.7. The van der Waals surface area contributed by atoms with Gasteiger partial charge in [0, 0.05) is 22.1 Å². The van der Waals surface area contributed by atoms with E-state index >= 15 is 0 Å². The zero-order valence-electron chi connectivity index (χ0n) is 29.3. The van der Waals surface area contributed by atoms with Gasteiger partial charge in [-0.3, -0.25) is 0 Å². The molecule has 1 saturated carbocycles. The minimum absolute atomic E-state index is 0.0333. The van der Waals surface area contributed by atoms with Gasteiger partial charge in [-0.15, -0.1) is 0 Å². The lowest BCUT2D eigenvalue weighted by molar-refractivity contribution is 0.284. The van der Waals surface area contributed by atoms with Crippen LogP contribution in [0.15, 0.2) is 163 Å². The van der Waals surface area contributed by atoms with Crippen molar-refractivity contribution in [3.05, 3.63) is 174 Å². The van der Waals surface area contributed by atoms with Crippen molar-refractivity contribution in [3.8, 4) is 67.5 Å². The summed E-state index contributed by atoms with van der Waals surface area (Å²) in [7, 11) is 0. The lowest BCUT2D eigenvalue weighted by atomic mass is 9.58. The van der Waals surface area contributed by atoms with Crippen LogP contribution in [0.5, 0.6) is 0 Å². The van der Waals surface area contributed by atoms with E-state index in [1.54, 1.807) is 5.57 Å². The Kier molecular flexibility index (Phi) is 7.35. The molecule has 1 heterocycles. The van der Waals surface area contributed by atoms with Crippen molar-refractivity contribution in [2.45, 2.75) is 38.0 Å². The first kappa shape index (κ1) is 30.9. The molecule has 3 atom stereocenters. The highest BCUT2D eigenvalue weighted by Gasteiger charge is 2.49. The predicted octanol–water partition coefficient (Wildman–Crippen LogP) is 12.2. The van der Waals surface area contributed by atoms with E-state index in [1.165, 1.54) is 64.6 Å². The molecule has 1 fully saturated rings. The number of fused-ring (bicyclic) bond motifs is 8. The molecule has 3 unspecified atom stereocenters. The Labute approximate surface area is 305 Å². The summed E-state index contributed by atoms with van der Waals surface area (Å²) in [4.78, 5) is 15.2. The summed E-state index contributed by atoms with van der Waals surface area (Å²) in [6, 6.07) is 54.3. The first-order valence-electron chi connectivity index (χ1n) is 18.7. The van der Waals surface area contributed by atoms with Crippen LogP contribution in [0.3, 0.4) is 0 Å². The van der Waals surface area contributed by atoms with Crippen molar-refractivity contribution < 1.29 is 0 Å². The molecular weight excluding hydrogens is 631 g/mol. The smallest absolute Gasteiger partial charge is 0.164 e. The van der Waals surface area contributed by atoms with Gasteiger partial charge in [-0.05, 0) is 94.2 Å². The van der Waals surface area contributed by atoms with Crippen LogP contribution in [0.1, 0.15) is 43.7 Å². The van der Waals surface area contributed by atoms with Gasteiger partial charge in [0.15, 0.2) is 17.5 Å². The standard InChI is InChI=1S/C49H39N3/c1-32-27-33-25-26-49(41(28-32)29-33)44-18-9-8-17-42(44)43-24-23-39(31-45(43)49)38-15-10-16-40(30-38)48-51-46(36-13-6-3-7-14-36)50-47(52-48)37-21-19-35(20-22-37)34-11-4-2-5-12-34/h2-24,28,30-33H,25-27,29H2,1H3. The number of allylic oxidation sites excluding steroid dienone is 2. The van der Waals surface area contributed by atoms with E-state index in [9.17, 15) is 0 Å². The van der Waals surface area contributed by atoms with Crippen molar-refractivity contribution >= 4 is 0 Å². The SMILES string of the molecule is CC1C=C2CC(CCC23c2ccccc2-c2ccc(-c4cccc(-c5nc(-c6ccccc6)nc(-c6ccc(-c7ccccc7)cc6)n5)c4)cc23)C1. The Morgan fingerprint density at radius 1 is 0.481 bits per heavy atom. The van der Waals surface area contributed by atoms with Gasteiger partial charge in [0.2, 0.25) is 0 Å². The Balaban J connectivity index is 1.07. The van der Waals surface area contributed by atoms with Crippen LogP contribution in [-0.2, 0) is 5.41 Å². The molecule has 250 valence electrons. The molecular formula is C49H39N3. The fourth-order valence-corrected chi connectivity index (χ4v) is 9.31. The average molecular weight is 670 g/mol. The maximum atomic E-state index is 5.10. The van der Waals surface area contributed by atoms with Crippen molar-refractivity contribution in [1.82, 2.24) is 15.0 Å². The summed E-state index contributed by atoms with van der Waals surface area (Å²) in [6.45, 7) is 2.41. The first-order chi connectivity index (χ1) is 25.6. The summed E-state index contributed by atoms with van der Waals surface area (Å²) >= 11 is 0. The topological polar surface area (TPSA) is 38.7 Å². The Morgan fingerprint density at radius 3 is 1.79 bits per heavy atom. The summed E-state index contributed by atoms with van der Waals surface area (Å²) in [6.07, 6.45) is 7.64. The fraction of sp³-hybridized carbons (Fsp3) is 0.163. The van der Waals surface area contributed by atoms with Crippen molar-refractivity contribution in [2.75, 3.05) is 0 Å². The van der Waals surface area contributed by atoms with Gasteiger partial charge < -0.3 is 0 Å². The molecule has 0 N–H and O–H groups in total. The molecule has 7 aromatic rings. The number of aromatic nitrogens is 3. The minimum atomic E-state index is -0.0333. The largest absolute Gasteiger partial charge is 0.208 e. The molecule has 6 aromatic carbocycles. The first-order valence-corrected chi connectivity index (χ1v) is 18.7. The zero-order valence-corrected chi connectivity index (χ0v) is 29.3. The van der Waals surface area contributed by atoms with E-state index in [0.717, 1.165) is 28.2 Å². The molecule has 2 bridgehead atoms. The molecule has 3 aliphatic carbocycles. The molecule has 1 aromatic heterocycles. The second-order valence-corrected chi connectivity index (χ2v) is 14.9. The van der Waals surface area contributed by atoms with Crippen LogP contribution in [0.4, 0.5) is 0 Å². The number of nitrogens with zero attached hydrogens (tertiary/aromatic N) is 3. The number of rotatable bonds is 5. The summed E-state index contributed by atoms with van der Waals surface area (Å²) in [5.74, 6) is 3.44. The van der Waals surface area contributed by atoms with Gasteiger partial charge in [-0.1, -0.05) is 158 Å². The monoisotopic (exact) mass is 669 g/mol. The molecule has 10 rings (SSSR count). The summed E-state index contributed by atoms with van der Waals surface area (Å²) < 4.78 is 0. The van der Waals surface area contributed by atoms with E-state index in [2.05, 4.69) is 140 Å². The van der Waals surface area contributed by atoms with Crippen molar-refractivity contribution in [1.29, 1.82) is 0 Å². The van der Waals surface area contributed by atoms with Crippen LogP contribution < -0.4 is 0 Å². The highest BCUT2D eigenvalue weighted by molar-refractivity contribution is 5.86. The van der Waals surface area contributed by atoms with E-state index in [-0.39, 0.29) is 5.41 Å². The van der Waals surface area contributed by atoms with Gasteiger partial charge >= 0.3 is 0 Å². The van der Waals surface area contributed by atoms with E-state index < -0.39 is 0 Å². The quantitative estimate of drug-likeness (QED) is 0.171. The molecule has 0 aliphatic heterocycles. The number of benzene rings is 6. The highest BCUT2D eigenvalue weighted by Crippen LogP contribution is 2.61. The molecule has 0 amide bonds. The van der Waals surface area contributed by atoms with Gasteiger partial charge in [-0.2, -0.15) is 0 Å². The lowest BCUT2D eigenvalue weighted by Gasteiger charge is -2.45. The maximum Gasteiger partial charge on any atom is 0.164 e. The van der Waals surface area contributed by atoms with Crippen molar-refractivity contribution in [3.63, 3.8) is 0 Å². The Hall–Kier alpha value is -5.93. The second-order valence-electron chi connectivity index (χ2n) is 14.9. The van der Waals surface area contributed by atoms with Crippen molar-refractivity contribution in [2.24, 2.45) is 11.8 Å². The fourth-order valence-electron chi connectivity index (χ4n) is 9.31. The van der Waals surface area contributed by atoms with Gasteiger partial charge in [0.25, 0.3) is 0 Å². The normalized spacial score (nSPS) is 19.9. The molecule has 0 radical (unpaired) electrons. The molecule has 3 nitrogen and oxygen atoms in total. The van der Waals surface area contributed by atoms with Crippen LogP contribution in [0, 0.1) is 11.8 Å². The minimum Gasteiger partial charge on any atom is -0.208 e. The van der Waals surface area contributed by atoms with Gasteiger partial charge in [0.1, 0.15) is 0 Å². The van der Waals surface area contributed by atoms with E-state index in [0.29, 0.717) is 23.4 Å². The molecule has 1 spiro atoms. The van der Waals surface area contributed by atoms with Crippen LogP contribution in [0.2, 0.25) is 0 Å². The Bertz CT molecular complexity index is 2480. The zero-order chi connectivity index (χ0) is 34.6. The summed E-state index contributed by atoms with van der Waals surface area (Å²) in [5, 5.41) is 0. The average Bonchev–Trinajstić information content (AvgIpc) is 3.49. The predicted molar refractivity (Wildman–Crippen MR) is 212 cm³/mol. The third kappa shape index (κ3) is 5.14. The molecule has 3 heteroatoms. The van der Waals surface area contributed by atoms with Crippen LogP contribution in [-0.4, -0.2) is 15.0 Å². The van der Waals surface area contributed by atoms with E-state index in [1.807, 2.05) is 24.3 Å². The van der Waals surface area contributed by atoms with E-state index in [4.69, 9.17) is 15.0 Å². The summed E-state index contributed by atoms with van der Waals surface area (Å²) in [5.41, 5.74) is 15.0. The van der Waals surface area contributed by atoms with Crippen LogP contribution >= 0.6 is 0 Å². The van der Waals surface area contributed by atoms with Gasteiger partial charge in [0.05, 0.1) is 0 Å². The van der Waals surface area contributed by atoms with Crippen LogP contribution in [0.25, 0.3) is 67.5 Å².